The summed E-state index contributed by atoms with van der Waals surface area (Å²) >= 11 is 11.5. The van der Waals surface area contributed by atoms with E-state index in [1.54, 1.807) is 12.1 Å². The van der Waals surface area contributed by atoms with Crippen LogP contribution in [0.4, 0.5) is 0 Å². The number of amides is 1. The summed E-state index contributed by atoms with van der Waals surface area (Å²) in [6, 6.07) is 4.68. The molecule has 0 saturated carbocycles. The lowest BCUT2D eigenvalue weighted by atomic mass is 10.2. The van der Waals surface area contributed by atoms with Crippen molar-refractivity contribution >= 4 is 29.1 Å². The van der Waals surface area contributed by atoms with Gasteiger partial charge in [-0.2, -0.15) is 0 Å². The number of hydrogen-bond donors (Lipinski definition) is 2. The largest absolute Gasteiger partial charge is 0.341 e. The second-order valence-electron chi connectivity index (χ2n) is 2.87. The lowest BCUT2D eigenvalue weighted by Gasteiger charge is -2.02. The van der Waals surface area contributed by atoms with Crippen molar-refractivity contribution in [3.05, 3.63) is 33.8 Å². The first-order chi connectivity index (χ1) is 7.65. The van der Waals surface area contributed by atoms with Crippen molar-refractivity contribution < 1.29 is 4.79 Å². The van der Waals surface area contributed by atoms with Crippen LogP contribution in [0.3, 0.4) is 0 Å². The molecule has 0 radical (unpaired) electrons. The van der Waals surface area contributed by atoms with E-state index < -0.39 is 0 Å². The Morgan fingerprint density at radius 2 is 2.06 bits per heavy atom. The number of nitrogens with one attached hydrogen (secondary N) is 1. The molecule has 0 aliphatic carbocycles. The van der Waals surface area contributed by atoms with E-state index in [-0.39, 0.29) is 19.0 Å². The third-order valence-electron chi connectivity index (χ3n) is 1.75. The van der Waals surface area contributed by atoms with Crippen molar-refractivity contribution in [2.45, 2.75) is 0 Å². The first-order valence-electron chi connectivity index (χ1n) is 4.54. The van der Waals surface area contributed by atoms with Crippen molar-refractivity contribution in [1.29, 1.82) is 0 Å². The van der Waals surface area contributed by atoms with Crippen molar-refractivity contribution in [3.63, 3.8) is 0 Å². The van der Waals surface area contributed by atoms with Crippen molar-refractivity contribution in [2.24, 2.45) is 5.73 Å². The molecule has 84 valence electrons. The number of nitrogens with two attached hydrogens (primary N) is 1. The monoisotopic (exact) mass is 256 g/mol. The Morgan fingerprint density at radius 1 is 1.31 bits per heavy atom. The minimum absolute atomic E-state index is 0.245. The van der Waals surface area contributed by atoms with E-state index in [1.165, 1.54) is 6.07 Å². The van der Waals surface area contributed by atoms with E-state index in [9.17, 15) is 4.79 Å². The van der Waals surface area contributed by atoms with Crippen LogP contribution in [0.5, 0.6) is 0 Å². The molecule has 0 aromatic heterocycles. The molecular formula is C11H10Cl2N2O. The Morgan fingerprint density at radius 3 is 2.69 bits per heavy atom. The Bertz CT molecular complexity index is 449. The highest BCUT2D eigenvalue weighted by atomic mass is 35.5. The molecule has 16 heavy (non-hydrogen) atoms. The smallest absolute Gasteiger partial charge is 0.252 e. The molecule has 1 aromatic rings. The Labute approximate surface area is 104 Å². The van der Waals surface area contributed by atoms with Crippen LogP contribution >= 0.6 is 23.2 Å². The van der Waals surface area contributed by atoms with Gasteiger partial charge in [-0.25, -0.2) is 0 Å². The van der Waals surface area contributed by atoms with Crippen LogP contribution in [0.1, 0.15) is 10.4 Å². The second kappa shape index (κ2) is 6.39. The van der Waals surface area contributed by atoms with E-state index in [1.807, 2.05) is 0 Å². The van der Waals surface area contributed by atoms with Gasteiger partial charge in [-0.05, 0) is 18.2 Å². The van der Waals surface area contributed by atoms with Gasteiger partial charge in [0.1, 0.15) is 0 Å². The number of carbonyl (C=O) groups excluding carboxylic acids is 1. The SMILES string of the molecule is NCC#CCNC(=O)c1ccc(Cl)c(Cl)c1. The standard InChI is InChI=1S/C11H10Cl2N2O/c12-9-4-3-8(7-10(9)13)11(16)15-6-2-1-5-14/h3-4,7H,5-6,14H2,(H,15,16). The Balaban J connectivity index is 2.63. The zero-order valence-electron chi connectivity index (χ0n) is 8.39. The number of hydrogen-bond acceptors (Lipinski definition) is 2. The third-order valence-corrected chi connectivity index (χ3v) is 2.49. The van der Waals surface area contributed by atoms with Gasteiger partial charge < -0.3 is 11.1 Å². The van der Waals surface area contributed by atoms with Gasteiger partial charge in [0.2, 0.25) is 0 Å². The van der Waals surface area contributed by atoms with Crippen molar-refractivity contribution in [3.8, 4) is 11.8 Å². The molecule has 0 heterocycles. The first-order valence-corrected chi connectivity index (χ1v) is 5.29. The quantitative estimate of drug-likeness (QED) is 0.792. The van der Waals surface area contributed by atoms with Crippen LogP contribution in [-0.2, 0) is 0 Å². The van der Waals surface area contributed by atoms with E-state index in [4.69, 9.17) is 28.9 Å². The summed E-state index contributed by atoms with van der Waals surface area (Å²) in [6.07, 6.45) is 0. The van der Waals surface area contributed by atoms with Gasteiger partial charge in [0, 0.05) is 5.56 Å². The molecule has 1 amide bonds. The predicted molar refractivity (Wildman–Crippen MR) is 65.6 cm³/mol. The van der Waals surface area contributed by atoms with Crippen LogP contribution in [0, 0.1) is 11.8 Å². The molecule has 0 aliphatic heterocycles. The number of carbonyl (C=O) groups is 1. The summed E-state index contributed by atoms with van der Waals surface area (Å²) in [5.41, 5.74) is 5.62. The molecule has 0 fully saturated rings. The van der Waals surface area contributed by atoms with Gasteiger partial charge >= 0.3 is 0 Å². The molecule has 0 atom stereocenters. The molecule has 0 saturated heterocycles. The van der Waals surface area contributed by atoms with E-state index >= 15 is 0 Å². The molecule has 3 N–H and O–H groups in total. The first kappa shape index (κ1) is 12.9. The summed E-state index contributed by atoms with van der Waals surface area (Å²) in [7, 11) is 0. The fourth-order valence-electron chi connectivity index (χ4n) is 0.999. The van der Waals surface area contributed by atoms with E-state index in [0.29, 0.717) is 15.6 Å². The summed E-state index contributed by atoms with van der Waals surface area (Å²) in [4.78, 5) is 11.6. The highest BCUT2D eigenvalue weighted by Gasteiger charge is 2.06. The lowest BCUT2D eigenvalue weighted by molar-refractivity contribution is 0.0958. The van der Waals surface area contributed by atoms with Gasteiger partial charge in [0.15, 0.2) is 0 Å². The third kappa shape index (κ3) is 3.74. The van der Waals surface area contributed by atoms with Gasteiger partial charge in [-0.15, -0.1) is 0 Å². The van der Waals surface area contributed by atoms with E-state index in [0.717, 1.165) is 0 Å². The number of benzene rings is 1. The molecule has 3 nitrogen and oxygen atoms in total. The number of halogens is 2. The molecule has 0 aliphatic rings. The van der Waals surface area contributed by atoms with Gasteiger partial charge in [-0.3, -0.25) is 4.79 Å². The molecule has 0 spiro atoms. The molecule has 1 aromatic carbocycles. The minimum atomic E-state index is -0.245. The Hall–Kier alpha value is -1.21. The lowest BCUT2D eigenvalue weighted by Crippen LogP contribution is -2.23. The fourth-order valence-corrected chi connectivity index (χ4v) is 1.30. The average Bonchev–Trinajstić information content (AvgIpc) is 2.28. The van der Waals surface area contributed by atoms with Crippen LogP contribution in [-0.4, -0.2) is 19.0 Å². The van der Waals surface area contributed by atoms with Crippen molar-refractivity contribution in [2.75, 3.05) is 13.1 Å². The fraction of sp³-hybridized carbons (Fsp3) is 0.182. The molecule has 0 bridgehead atoms. The molecule has 1 rings (SSSR count). The Kier molecular flexibility index (Phi) is 5.13. The van der Waals surface area contributed by atoms with Crippen LogP contribution in [0.25, 0.3) is 0 Å². The van der Waals surface area contributed by atoms with Crippen molar-refractivity contribution in [1.82, 2.24) is 5.32 Å². The summed E-state index contributed by atoms with van der Waals surface area (Å²) in [6.45, 7) is 0.541. The average molecular weight is 257 g/mol. The summed E-state index contributed by atoms with van der Waals surface area (Å²) < 4.78 is 0. The van der Waals surface area contributed by atoms with E-state index in [2.05, 4.69) is 17.2 Å². The maximum Gasteiger partial charge on any atom is 0.252 e. The minimum Gasteiger partial charge on any atom is -0.341 e. The van der Waals surface area contributed by atoms with Crippen LogP contribution in [0.15, 0.2) is 18.2 Å². The second-order valence-corrected chi connectivity index (χ2v) is 3.68. The van der Waals surface area contributed by atoms with Gasteiger partial charge in [-0.1, -0.05) is 35.0 Å². The topological polar surface area (TPSA) is 55.1 Å². The zero-order chi connectivity index (χ0) is 12.0. The van der Waals surface area contributed by atoms with Gasteiger partial charge in [0.25, 0.3) is 5.91 Å². The van der Waals surface area contributed by atoms with Crippen LogP contribution < -0.4 is 11.1 Å². The van der Waals surface area contributed by atoms with Crippen LogP contribution in [0.2, 0.25) is 10.0 Å². The number of rotatable bonds is 2. The zero-order valence-corrected chi connectivity index (χ0v) is 9.90. The molecular weight excluding hydrogens is 247 g/mol. The summed E-state index contributed by atoms with van der Waals surface area (Å²) in [5, 5.41) is 3.38. The maximum absolute atomic E-state index is 11.6. The molecule has 5 heteroatoms. The normalized spacial score (nSPS) is 9.19. The highest BCUT2D eigenvalue weighted by Crippen LogP contribution is 2.22. The predicted octanol–water partition coefficient (Wildman–Crippen LogP) is 1.69. The van der Waals surface area contributed by atoms with Gasteiger partial charge in [0.05, 0.1) is 23.1 Å². The molecule has 0 unspecified atom stereocenters. The highest BCUT2D eigenvalue weighted by molar-refractivity contribution is 6.42. The maximum atomic E-state index is 11.6. The summed E-state index contributed by atoms with van der Waals surface area (Å²) in [5.74, 6) is 5.09.